The zero-order chi connectivity index (χ0) is 19.1. The van der Waals surface area contributed by atoms with Gasteiger partial charge in [-0.3, -0.25) is 4.79 Å². The zero-order valence-electron chi connectivity index (χ0n) is 14.3. The van der Waals surface area contributed by atoms with Crippen LogP contribution < -0.4 is 5.32 Å². The minimum Gasteiger partial charge on any atom is -0.321 e. The van der Waals surface area contributed by atoms with Gasteiger partial charge in [0.25, 0.3) is 5.91 Å². The minimum absolute atomic E-state index is 0.214. The van der Waals surface area contributed by atoms with Crippen LogP contribution in [0.5, 0.6) is 0 Å². The summed E-state index contributed by atoms with van der Waals surface area (Å²) in [5.41, 5.74) is 4.15. The number of aryl methyl sites for hydroxylation is 1. The first-order valence-electron chi connectivity index (χ1n) is 8.22. The van der Waals surface area contributed by atoms with E-state index in [1.165, 1.54) is 12.1 Å². The molecule has 3 aromatic rings. The van der Waals surface area contributed by atoms with Gasteiger partial charge in [-0.25, -0.2) is 9.07 Å². The monoisotopic (exact) mass is 401 g/mol. The number of hydrogen-bond donors (Lipinski definition) is 1. The lowest BCUT2D eigenvalue weighted by Crippen LogP contribution is -2.03. The smallest absolute Gasteiger partial charge is 0.256 e. The number of carbonyl (C=O) groups excluding carboxylic acids is 1. The number of nitrogens with zero attached hydrogens (tertiary/aromatic N) is 2. The van der Waals surface area contributed by atoms with Crippen LogP contribution in [-0.4, -0.2) is 15.7 Å². The maximum Gasteiger partial charge on any atom is 0.256 e. The number of anilines is 1. The third-order valence-electron chi connectivity index (χ3n) is 4.41. The number of halogens is 3. The molecule has 0 unspecified atom stereocenters. The Morgan fingerprint density at radius 1 is 1.19 bits per heavy atom. The Morgan fingerprint density at radius 3 is 2.67 bits per heavy atom. The van der Waals surface area contributed by atoms with Gasteiger partial charge >= 0.3 is 0 Å². The van der Waals surface area contributed by atoms with Gasteiger partial charge < -0.3 is 5.32 Å². The van der Waals surface area contributed by atoms with E-state index in [1.54, 1.807) is 41.1 Å². The second-order valence-corrected chi connectivity index (χ2v) is 7.07. The average molecular weight is 402 g/mol. The van der Waals surface area contributed by atoms with Crippen LogP contribution in [0.15, 0.2) is 42.5 Å². The standard InChI is InChI=1S/C20H14Cl2FN3O/c1-11-15(9-17-16-8-13(21)4-7-18(16)24-20(17)27)19(22)26(25-11)10-12-2-5-14(23)6-3-12/h2-9H,10H2,1H3,(H,24,27)/b17-9-. The molecule has 0 bridgehead atoms. The molecule has 1 N–H and O–H groups in total. The molecule has 2 heterocycles. The molecular weight excluding hydrogens is 388 g/mol. The number of fused-ring (bicyclic) bond motifs is 1. The van der Waals surface area contributed by atoms with Gasteiger partial charge in [0.2, 0.25) is 0 Å². The van der Waals surface area contributed by atoms with Crippen LogP contribution in [0.2, 0.25) is 10.2 Å². The molecule has 1 aliphatic heterocycles. The van der Waals surface area contributed by atoms with Crippen molar-refractivity contribution < 1.29 is 9.18 Å². The van der Waals surface area contributed by atoms with Crippen molar-refractivity contribution in [3.05, 3.63) is 80.8 Å². The highest BCUT2D eigenvalue weighted by molar-refractivity contribution is 6.38. The highest BCUT2D eigenvalue weighted by Crippen LogP contribution is 2.36. The fourth-order valence-electron chi connectivity index (χ4n) is 3.05. The number of nitrogens with one attached hydrogen (secondary N) is 1. The van der Waals surface area contributed by atoms with Crippen molar-refractivity contribution in [3.63, 3.8) is 0 Å². The van der Waals surface area contributed by atoms with Crippen LogP contribution in [-0.2, 0) is 11.3 Å². The third-order valence-corrected chi connectivity index (χ3v) is 5.04. The summed E-state index contributed by atoms with van der Waals surface area (Å²) in [7, 11) is 0. The van der Waals surface area contributed by atoms with Gasteiger partial charge in [-0.15, -0.1) is 0 Å². The van der Waals surface area contributed by atoms with Crippen LogP contribution >= 0.6 is 23.2 Å². The Kier molecular flexibility index (Phi) is 4.50. The second kappa shape index (κ2) is 6.83. The molecule has 27 heavy (non-hydrogen) atoms. The van der Waals surface area contributed by atoms with E-state index in [9.17, 15) is 9.18 Å². The summed E-state index contributed by atoms with van der Waals surface area (Å²) in [4.78, 5) is 12.4. The van der Waals surface area contributed by atoms with Gasteiger partial charge in [0, 0.05) is 27.4 Å². The van der Waals surface area contributed by atoms with Crippen LogP contribution in [0.4, 0.5) is 10.1 Å². The first-order chi connectivity index (χ1) is 12.9. The number of rotatable bonds is 3. The molecule has 7 heteroatoms. The highest BCUT2D eigenvalue weighted by Gasteiger charge is 2.25. The van der Waals surface area contributed by atoms with Crippen molar-refractivity contribution in [3.8, 4) is 0 Å². The molecular formula is C20H14Cl2FN3O. The summed E-state index contributed by atoms with van der Waals surface area (Å²) >= 11 is 12.6. The fraction of sp³-hybridized carbons (Fsp3) is 0.100. The second-order valence-electron chi connectivity index (χ2n) is 6.28. The summed E-state index contributed by atoms with van der Waals surface area (Å²) in [5.74, 6) is -0.509. The van der Waals surface area contributed by atoms with Gasteiger partial charge in [-0.05, 0) is 48.9 Å². The quantitative estimate of drug-likeness (QED) is 0.614. The van der Waals surface area contributed by atoms with Crippen molar-refractivity contribution in [2.24, 2.45) is 0 Å². The molecule has 0 saturated carbocycles. The van der Waals surface area contributed by atoms with E-state index in [1.807, 2.05) is 6.92 Å². The van der Waals surface area contributed by atoms with Gasteiger partial charge in [0.15, 0.2) is 0 Å². The fourth-order valence-corrected chi connectivity index (χ4v) is 3.51. The molecule has 0 fully saturated rings. The Bertz CT molecular complexity index is 1090. The predicted molar refractivity (Wildman–Crippen MR) is 105 cm³/mol. The van der Waals surface area contributed by atoms with Gasteiger partial charge in [0.05, 0.1) is 12.2 Å². The van der Waals surface area contributed by atoms with E-state index < -0.39 is 0 Å². The van der Waals surface area contributed by atoms with E-state index in [-0.39, 0.29) is 11.7 Å². The van der Waals surface area contributed by atoms with Crippen LogP contribution in [0.1, 0.15) is 22.4 Å². The lowest BCUT2D eigenvalue weighted by atomic mass is 10.0. The number of benzene rings is 2. The molecule has 4 rings (SSSR count). The minimum atomic E-state index is -0.295. The number of carbonyl (C=O) groups is 1. The number of amides is 1. The average Bonchev–Trinajstić information content (AvgIpc) is 3.08. The van der Waals surface area contributed by atoms with Gasteiger partial charge in [0.1, 0.15) is 11.0 Å². The third kappa shape index (κ3) is 3.36. The SMILES string of the molecule is Cc1nn(Cc2ccc(F)cc2)c(Cl)c1/C=C1\C(=O)Nc2ccc(Cl)cc21. The Morgan fingerprint density at radius 2 is 1.93 bits per heavy atom. The maximum atomic E-state index is 13.1. The van der Waals surface area contributed by atoms with Gasteiger partial charge in [-0.2, -0.15) is 5.10 Å². The molecule has 1 aromatic heterocycles. The molecule has 136 valence electrons. The van der Waals surface area contributed by atoms with Crippen molar-refractivity contribution in [2.45, 2.75) is 13.5 Å². The van der Waals surface area contributed by atoms with Crippen molar-refractivity contribution in [1.82, 2.24) is 9.78 Å². The molecule has 0 saturated heterocycles. The molecule has 2 aromatic carbocycles. The summed E-state index contributed by atoms with van der Waals surface area (Å²) < 4.78 is 14.7. The van der Waals surface area contributed by atoms with E-state index in [4.69, 9.17) is 23.2 Å². The van der Waals surface area contributed by atoms with Crippen molar-refractivity contribution in [1.29, 1.82) is 0 Å². The molecule has 0 spiro atoms. The first kappa shape index (κ1) is 17.8. The summed E-state index contributed by atoms with van der Waals surface area (Å²) in [6.07, 6.45) is 1.73. The Balaban J connectivity index is 1.72. The summed E-state index contributed by atoms with van der Waals surface area (Å²) in [5, 5.41) is 8.23. The molecule has 0 aliphatic carbocycles. The molecule has 4 nitrogen and oxygen atoms in total. The predicted octanol–water partition coefficient (Wildman–Crippen LogP) is 5.18. The summed E-state index contributed by atoms with van der Waals surface area (Å²) in [6, 6.07) is 11.4. The van der Waals surface area contributed by atoms with Gasteiger partial charge in [-0.1, -0.05) is 35.3 Å². The van der Waals surface area contributed by atoms with Crippen molar-refractivity contribution in [2.75, 3.05) is 5.32 Å². The molecule has 0 radical (unpaired) electrons. The lowest BCUT2D eigenvalue weighted by molar-refractivity contribution is -0.110. The molecule has 1 amide bonds. The number of hydrogen-bond acceptors (Lipinski definition) is 2. The van der Waals surface area contributed by atoms with E-state index >= 15 is 0 Å². The largest absolute Gasteiger partial charge is 0.321 e. The lowest BCUT2D eigenvalue weighted by Gasteiger charge is -2.04. The van der Waals surface area contributed by atoms with Crippen LogP contribution in [0, 0.1) is 12.7 Å². The first-order valence-corrected chi connectivity index (χ1v) is 8.98. The van der Waals surface area contributed by atoms with E-state index in [0.717, 1.165) is 11.1 Å². The van der Waals surface area contributed by atoms with Crippen LogP contribution in [0.3, 0.4) is 0 Å². The normalized spacial score (nSPS) is 14.5. The summed E-state index contributed by atoms with van der Waals surface area (Å²) in [6.45, 7) is 2.23. The van der Waals surface area contributed by atoms with E-state index in [2.05, 4.69) is 10.4 Å². The van der Waals surface area contributed by atoms with Crippen molar-refractivity contribution >= 4 is 46.4 Å². The zero-order valence-corrected chi connectivity index (χ0v) is 15.8. The Hall–Kier alpha value is -2.63. The number of aromatic nitrogens is 2. The molecule has 1 aliphatic rings. The van der Waals surface area contributed by atoms with E-state index in [0.29, 0.717) is 39.2 Å². The molecule has 0 atom stereocenters. The highest BCUT2D eigenvalue weighted by atomic mass is 35.5. The maximum absolute atomic E-state index is 13.1. The van der Waals surface area contributed by atoms with Crippen LogP contribution in [0.25, 0.3) is 11.6 Å². The Labute approximate surface area is 165 Å². The topological polar surface area (TPSA) is 46.9 Å².